The van der Waals surface area contributed by atoms with Gasteiger partial charge in [-0.2, -0.15) is 0 Å². The minimum absolute atomic E-state index is 0.134. The normalized spacial score (nSPS) is 20.3. The van der Waals surface area contributed by atoms with Gasteiger partial charge < -0.3 is 14.7 Å². The summed E-state index contributed by atoms with van der Waals surface area (Å²) >= 11 is 0. The van der Waals surface area contributed by atoms with Gasteiger partial charge in [0.05, 0.1) is 18.8 Å². The molecule has 1 aromatic carbocycles. The summed E-state index contributed by atoms with van der Waals surface area (Å²) in [6, 6.07) is 7.81. The number of likely N-dealkylation sites (N-methyl/N-ethyl adjacent to an activating group) is 1. The molecule has 1 aliphatic carbocycles. The lowest BCUT2D eigenvalue weighted by Gasteiger charge is -2.46. The Hall–Kier alpha value is -1.06. The van der Waals surface area contributed by atoms with Crippen molar-refractivity contribution in [2.24, 2.45) is 0 Å². The first-order chi connectivity index (χ1) is 9.10. The number of hydrogen-bond acceptors (Lipinski definition) is 3. The zero-order valence-electron chi connectivity index (χ0n) is 12.2. The number of rotatable bonds is 4. The standard InChI is InChI=1S/C16H25NO2/c1-17(2)16(10-5-4-6-11-16)15(18)13-8-7-9-14(12-13)19-3/h7-9,12,15,18H,4-6,10-11H2,1-3H3. The minimum atomic E-state index is -0.460. The van der Waals surface area contributed by atoms with Crippen LogP contribution in [0.25, 0.3) is 0 Å². The van der Waals surface area contributed by atoms with Crippen molar-refractivity contribution in [1.29, 1.82) is 0 Å². The molecular weight excluding hydrogens is 238 g/mol. The number of aliphatic hydroxyl groups is 1. The van der Waals surface area contributed by atoms with E-state index in [0.29, 0.717) is 0 Å². The first-order valence-corrected chi connectivity index (χ1v) is 7.09. The van der Waals surface area contributed by atoms with E-state index in [9.17, 15) is 5.11 Å². The molecule has 1 aliphatic rings. The quantitative estimate of drug-likeness (QED) is 0.906. The Morgan fingerprint density at radius 1 is 1.21 bits per heavy atom. The van der Waals surface area contributed by atoms with E-state index in [0.717, 1.165) is 24.2 Å². The van der Waals surface area contributed by atoms with E-state index >= 15 is 0 Å². The highest BCUT2D eigenvalue weighted by Crippen LogP contribution is 2.42. The molecule has 3 heteroatoms. The molecule has 0 radical (unpaired) electrons. The van der Waals surface area contributed by atoms with Gasteiger partial charge in [-0.3, -0.25) is 0 Å². The summed E-state index contributed by atoms with van der Waals surface area (Å²) in [5.74, 6) is 0.807. The van der Waals surface area contributed by atoms with Crippen molar-refractivity contribution in [3.05, 3.63) is 29.8 Å². The van der Waals surface area contributed by atoms with E-state index in [1.54, 1.807) is 7.11 Å². The van der Waals surface area contributed by atoms with Crippen molar-refractivity contribution in [1.82, 2.24) is 4.90 Å². The number of nitrogens with zero attached hydrogens (tertiary/aromatic N) is 1. The van der Waals surface area contributed by atoms with Crippen molar-refractivity contribution in [3.63, 3.8) is 0 Å². The van der Waals surface area contributed by atoms with Gasteiger partial charge in [-0.05, 0) is 44.6 Å². The Labute approximate surface area is 116 Å². The molecule has 1 unspecified atom stereocenters. The van der Waals surface area contributed by atoms with Crippen molar-refractivity contribution in [3.8, 4) is 5.75 Å². The second-order valence-electron chi connectivity index (χ2n) is 5.74. The average Bonchev–Trinajstić information content (AvgIpc) is 2.47. The molecule has 0 saturated heterocycles. The van der Waals surface area contributed by atoms with Crippen LogP contribution in [0.5, 0.6) is 5.75 Å². The molecule has 1 N–H and O–H groups in total. The predicted molar refractivity (Wildman–Crippen MR) is 77.5 cm³/mol. The fourth-order valence-electron chi connectivity index (χ4n) is 3.25. The molecule has 106 valence electrons. The van der Waals surface area contributed by atoms with Crippen LogP contribution in [0.2, 0.25) is 0 Å². The summed E-state index contributed by atoms with van der Waals surface area (Å²) in [5, 5.41) is 10.9. The van der Waals surface area contributed by atoms with Crippen LogP contribution < -0.4 is 4.74 Å². The second kappa shape index (κ2) is 5.93. The molecule has 3 nitrogen and oxygen atoms in total. The van der Waals surface area contributed by atoms with E-state index in [4.69, 9.17) is 4.74 Å². The van der Waals surface area contributed by atoms with Crippen LogP contribution in [0.4, 0.5) is 0 Å². The van der Waals surface area contributed by atoms with E-state index in [1.807, 2.05) is 24.3 Å². The average molecular weight is 263 g/mol. The molecule has 0 amide bonds. The van der Waals surface area contributed by atoms with Crippen LogP contribution in [0.15, 0.2) is 24.3 Å². The van der Waals surface area contributed by atoms with E-state index < -0.39 is 6.10 Å². The summed E-state index contributed by atoms with van der Waals surface area (Å²) in [6.07, 6.45) is 5.31. The van der Waals surface area contributed by atoms with Gasteiger partial charge in [-0.25, -0.2) is 0 Å². The highest BCUT2D eigenvalue weighted by Gasteiger charge is 2.41. The van der Waals surface area contributed by atoms with Gasteiger partial charge in [0.25, 0.3) is 0 Å². The Kier molecular flexibility index (Phi) is 4.48. The van der Waals surface area contributed by atoms with Crippen LogP contribution in [-0.4, -0.2) is 36.8 Å². The summed E-state index contributed by atoms with van der Waals surface area (Å²) in [5.41, 5.74) is 0.819. The monoisotopic (exact) mass is 263 g/mol. The molecule has 0 aliphatic heterocycles. The topological polar surface area (TPSA) is 32.7 Å². The Balaban J connectivity index is 2.30. The smallest absolute Gasteiger partial charge is 0.119 e. The predicted octanol–water partition coefficient (Wildman–Crippen LogP) is 2.99. The van der Waals surface area contributed by atoms with Crippen molar-refractivity contribution >= 4 is 0 Å². The highest BCUT2D eigenvalue weighted by atomic mass is 16.5. The third kappa shape index (κ3) is 2.77. The highest BCUT2D eigenvalue weighted by molar-refractivity contribution is 5.31. The van der Waals surface area contributed by atoms with Gasteiger partial charge in [0, 0.05) is 0 Å². The maximum atomic E-state index is 10.9. The summed E-state index contributed by atoms with van der Waals surface area (Å²) in [6.45, 7) is 0. The molecule has 19 heavy (non-hydrogen) atoms. The first-order valence-electron chi connectivity index (χ1n) is 7.09. The van der Waals surface area contributed by atoms with Crippen molar-refractivity contribution in [2.75, 3.05) is 21.2 Å². The zero-order valence-corrected chi connectivity index (χ0v) is 12.2. The van der Waals surface area contributed by atoms with Crippen LogP contribution in [0.3, 0.4) is 0 Å². The molecule has 1 aromatic rings. The molecule has 0 heterocycles. The lowest BCUT2D eigenvalue weighted by molar-refractivity contribution is -0.0336. The number of hydrogen-bond donors (Lipinski definition) is 1. The zero-order chi connectivity index (χ0) is 13.9. The number of aliphatic hydroxyl groups excluding tert-OH is 1. The Bertz CT molecular complexity index is 411. The molecule has 0 bridgehead atoms. The maximum Gasteiger partial charge on any atom is 0.119 e. The van der Waals surface area contributed by atoms with Crippen LogP contribution >= 0.6 is 0 Å². The van der Waals surface area contributed by atoms with E-state index in [-0.39, 0.29) is 5.54 Å². The lowest BCUT2D eigenvalue weighted by Crippen LogP contribution is -2.50. The van der Waals surface area contributed by atoms with Crippen molar-refractivity contribution in [2.45, 2.75) is 43.7 Å². The number of ether oxygens (including phenoxy) is 1. The van der Waals surface area contributed by atoms with Crippen LogP contribution in [0, 0.1) is 0 Å². The van der Waals surface area contributed by atoms with Crippen LogP contribution in [0.1, 0.15) is 43.8 Å². The number of methoxy groups -OCH3 is 1. The third-order valence-corrected chi connectivity index (χ3v) is 4.53. The van der Waals surface area contributed by atoms with Gasteiger partial charge in [-0.1, -0.05) is 31.4 Å². The first kappa shape index (κ1) is 14.4. The van der Waals surface area contributed by atoms with E-state index in [2.05, 4.69) is 19.0 Å². The summed E-state index contributed by atoms with van der Waals surface area (Å²) in [4.78, 5) is 2.20. The Morgan fingerprint density at radius 3 is 2.47 bits per heavy atom. The third-order valence-electron chi connectivity index (χ3n) is 4.53. The molecule has 0 aromatic heterocycles. The lowest BCUT2D eigenvalue weighted by atomic mass is 9.74. The van der Waals surface area contributed by atoms with Gasteiger partial charge in [0.2, 0.25) is 0 Å². The summed E-state index contributed by atoms with van der Waals surface area (Å²) in [7, 11) is 5.82. The van der Waals surface area contributed by atoms with Gasteiger partial charge in [0.1, 0.15) is 5.75 Å². The Morgan fingerprint density at radius 2 is 1.89 bits per heavy atom. The molecule has 2 rings (SSSR count). The van der Waals surface area contributed by atoms with E-state index in [1.165, 1.54) is 19.3 Å². The van der Waals surface area contributed by atoms with Crippen molar-refractivity contribution < 1.29 is 9.84 Å². The maximum absolute atomic E-state index is 10.9. The largest absolute Gasteiger partial charge is 0.497 e. The fourth-order valence-corrected chi connectivity index (χ4v) is 3.25. The SMILES string of the molecule is COc1cccc(C(O)C2(N(C)C)CCCCC2)c1. The molecule has 1 saturated carbocycles. The molecule has 1 fully saturated rings. The minimum Gasteiger partial charge on any atom is -0.497 e. The second-order valence-corrected chi connectivity index (χ2v) is 5.74. The van der Waals surface area contributed by atoms with Crippen LogP contribution in [-0.2, 0) is 0 Å². The fraction of sp³-hybridized carbons (Fsp3) is 0.625. The molecule has 0 spiro atoms. The molecular formula is C16H25NO2. The van der Waals surface area contributed by atoms with Gasteiger partial charge >= 0.3 is 0 Å². The van der Waals surface area contributed by atoms with Gasteiger partial charge in [-0.15, -0.1) is 0 Å². The summed E-state index contributed by atoms with van der Waals surface area (Å²) < 4.78 is 5.26. The number of benzene rings is 1. The van der Waals surface area contributed by atoms with Gasteiger partial charge in [0.15, 0.2) is 0 Å². The molecule has 1 atom stereocenters.